The Bertz CT molecular complexity index is 610. The number of aryl methyl sites for hydroxylation is 1. The van der Waals surface area contributed by atoms with Crippen LogP contribution in [0.5, 0.6) is 0 Å². The molecule has 0 saturated carbocycles. The fourth-order valence-corrected chi connectivity index (χ4v) is 2.83. The Balaban J connectivity index is 1.62. The number of hydrogen-bond donors (Lipinski definition) is 1. The molecule has 3 heterocycles. The molecule has 110 valence electrons. The number of amides is 1. The smallest absolute Gasteiger partial charge is 0.238 e. The third kappa shape index (κ3) is 3.28. The van der Waals surface area contributed by atoms with Crippen LogP contribution in [0.4, 0.5) is 5.69 Å². The standard InChI is InChI=1S/C15H19N5O/c1-19-10-12(8-17-19)14-5-3-7-20(14)11-15(21)18-13-4-2-6-16-9-13/h2,4,6,8-10,14H,3,5,7,11H2,1H3,(H,18,21)/t14-/m1/s1. The van der Waals surface area contributed by atoms with Crippen molar-refractivity contribution in [2.24, 2.45) is 7.05 Å². The zero-order valence-electron chi connectivity index (χ0n) is 12.1. The van der Waals surface area contributed by atoms with Gasteiger partial charge < -0.3 is 5.32 Å². The summed E-state index contributed by atoms with van der Waals surface area (Å²) in [4.78, 5) is 18.4. The molecule has 1 aliphatic heterocycles. The van der Waals surface area contributed by atoms with E-state index in [1.54, 1.807) is 12.4 Å². The van der Waals surface area contributed by atoms with Crippen molar-refractivity contribution in [1.82, 2.24) is 19.7 Å². The first kappa shape index (κ1) is 13.8. The maximum atomic E-state index is 12.1. The average molecular weight is 285 g/mol. The second-order valence-electron chi connectivity index (χ2n) is 5.37. The van der Waals surface area contributed by atoms with Gasteiger partial charge in [0, 0.05) is 31.0 Å². The number of hydrogen-bond acceptors (Lipinski definition) is 4. The van der Waals surface area contributed by atoms with Crippen LogP contribution in [-0.4, -0.2) is 38.7 Å². The first-order valence-electron chi connectivity index (χ1n) is 7.15. The lowest BCUT2D eigenvalue weighted by atomic mass is 10.1. The van der Waals surface area contributed by atoms with E-state index < -0.39 is 0 Å². The van der Waals surface area contributed by atoms with E-state index in [4.69, 9.17) is 0 Å². The van der Waals surface area contributed by atoms with E-state index in [0.717, 1.165) is 25.1 Å². The van der Waals surface area contributed by atoms with Gasteiger partial charge in [-0.2, -0.15) is 5.10 Å². The van der Waals surface area contributed by atoms with Crippen molar-refractivity contribution in [1.29, 1.82) is 0 Å². The Labute approximate surface area is 123 Å². The Kier molecular flexibility index (Phi) is 3.96. The molecule has 1 atom stereocenters. The molecule has 0 aromatic carbocycles. The largest absolute Gasteiger partial charge is 0.324 e. The van der Waals surface area contributed by atoms with Crippen LogP contribution < -0.4 is 5.32 Å². The van der Waals surface area contributed by atoms with Crippen LogP contribution in [0.1, 0.15) is 24.4 Å². The van der Waals surface area contributed by atoms with Gasteiger partial charge in [-0.25, -0.2) is 0 Å². The van der Waals surface area contributed by atoms with Crippen LogP contribution >= 0.6 is 0 Å². The highest BCUT2D eigenvalue weighted by Crippen LogP contribution is 2.31. The van der Waals surface area contributed by atoms with Gasteiger partial charge in [0.1, 0.15) is 0 Å². The number of rotatable bonds is 4. The second kappa shape index (κ2) is 6.05. The molecule has 0 radical (unpaired) electrons. The summed E-state index contributed by atoms with van der Waals surface area (Å²) in [6.45, 7) is 1.34. The summed E-state index contributed by atoms with van der Waals surface area (Å²) < 4.78 is 1.81. The summed E-state index contributed by atoms with van der Waals surface area (Å²) >= 11 is 0. The zero-order chi connectivity index (χ0) is 14.7. The summed E-state index contributed by atoms with van der Waals surface area (Å²) in [5.74, 6) is -0.00112. The van der Waals surface area contributed by atoms with Gasteiger partial charge in [-0.3, -0.25) is 19.4 Å². The molecule has 1 fully saturated rings. The normalized spacial score (nSPS) is 18.8. The van der Waals surface area contributed by atoms with Gasteiger partial charge in [-0.15, -0.1) is 0 Å². The number of nitrogens with zero attached hydrogens (tertiary/aromatic N) is 4. The van der Waals surface area contributed by atoms with E-state index >= 15 is 0 Å². The van der Waals surface area contributed by atoms with Gasteiger partial charge in [0.05, 0.1) is 24.6 Å². The van der Waals surface area contributed by atoms with Crippen molar-refractivity contribution in [2.75, 3.05) is 18.4 Å². The zero-order valence-corrected chi connectivity index (χ0v) is 12.1. The van der Waals surface area contributed by atoms with Crippen molar-refractivity contribution < 1.29 is 4.79 Å². The second-order valence-corrected chi connectivity index (χ2v) is 5.37. The minimum Gasteiger partial charge on any atom is -0.324 e. The van der Waals surface area contributed by atoms with Crippen molar-refractivity contribution in [3.63, 3.8) is 0 Å². The molecule has 0 unspecified atom stereocenters. The fourth-order valence-electron chi connectivity index (χ4n) is 2.83. The monoisotopic (exact) mass is 285 g/mol. The predicted molar refractivity (Wildman–Crippen MR) is 79.6 cm³/mol. The van der Waals surface area contributed by atoms with Crippen molar-refractivity contribution in [3.8, 4) is 0 Å². The Morgan fingerprint density at radius 2 is 2.38 bits per heavy atom. The number of pyridine rings is 1. The number of likely N-dealkylation sites (tertiary alicyclic amines) is 1. The highest BCUT2D eigenvalue weighted by Gasteiger charge is 2.28. The molecule has 21 heavy (non-hydrogen) atoms. The number of carbonyl (C=O) groups excluding carboxylic acids is 1. The predicted octanol–water partition coefficient (Wildman–Crippen LogP) is 1.59. The van der Waals surface area contributed by atoms with Crippen LogP contribution in [0, 0.1) is 0 Å². The third-order valence-electron chi connectivity index (χ3n) is 3.77. The van der Waals surface area contributed by atoms with Gasteiger partial charge in [0.15, 0.2) is 0 Å². The van der Waals surface area contributed by atoms with Crippen LogP contribution in [0.3, 0.4) is 0 Å². The van der Waals surface area contributed by atoms with Crippen LogP contribution in [0.15, 0.2) is 36.9 Å². The molecule has 1 N–H and O–H groups in total. The maximum Gasteiger partial charge on any atom is 0.238 e. The Morgan fingerprint density at radius 1 is 1.48 bits per heavy atom. The molecule has 2 aromatic heterocycles. The van der Waals surface area contributed by atoms with Gasteiger partial charge in [0.2, 0.25) is 5.91 Å². The lowest BCUT2D eigenvalue weighted by Crippen LogP contribution is -2.32. The van der Waals surface area contributed by atoms with Crippen molar-refractivity contribution >= 4 is 11.6 Å². The SMILES string of the molecule is Cn1cc([C@H]2CCCN2CC(=O)Nc2cccnc2)cn1. The van der Waals surface area contributed by atoms with Crippen molar-refractivity contribution in [2.45, 2.75) is 18.9 Å². The highest BCUT2D eigenvalue weighted by molar-refractivity contribution is 5.92. The number of nitrogens with one attached hydrogen (secondary N) is 1. The summed E-state index contributed by atoms with van der Waals surface area (Å²) in [6.07, 6.45) is 9.45. The fraction of sp³-hybridized carbons (Fsp3) is 0.400. The van der Waals surface area contributed by atoms with Crippen LogP contribution in [0.2, 0.25) is 0 Å². The molecule has 0 aliphatic carbocycles. The maximum absolute atomic E-state index is 12.1. The first-order chi connectivity index (χ1) is 10.2. The average Bonchev–Trinajstić information content (AvgIpc) is 3.08. The molecule has 1 saturated heterocycles. The van der Waals surface area contributed by atoms with Gasteiger partial charge in [-0.05, 0) is 31.5 Å². The molecular formula is C15H19N5O. The van der Waals surface area contributed by atoms with E-state index in [0.29, 0.717) is 12.6 Å². The minimum atomic E-state index is -0.00112. The third-order valence-corrected chi connectivity index (χ3v) is 3.77. The van der Waals surface area contributed by atoms with Gasteiger partial charge in [0.25, 0.3) is 0 Å². The van der Waals surface area contributed by atoms with E-state index in [1.807, 2.05) is 36.3 Å². The Morgan fingerprint density at radius 3 is 3.10 bits per heavy atom. The van der Waals surface area contributed by atoms with E-state index in [-0.39, 0.29) is 5.91 Å². The number of carbonyl (C=O) groups is 1. The number of anilines is 1. The molecule has 6 heteroatoms. The molecule has 6 nitrogen and oxygen atoms in total. The Hall–Kier alpha value is -2.21. The van der Waals surface area contributed by atoms with E-state index in [2.05, 4.69) is 20.3 Å². The lowest BCUT2D eigenvalue weighted by molar-refractivity contribution is -0.117. The highest BCUT2D eigenvalue weighted by atomic mass is 16.2. The summed E-state index contributed by atoms with van der Waals surface area (Å²) in [5.41, 5.74) is 1.92. The molecule has 0 bridgehead atoms. The van der Waals surface area contributed by atoms with Gasteiger partial charge in [-0.1, -0.05) is 0 Å². The first-order valence-corrected chi connectivity index (χ1v) is 7.15. The molecule has 1 amide bonds. The topological polar surface area (TPSA) is 63.1 Å². The molecule has 3 rings (SSSR count). The van der Waals surface area contributed by atoms with E-state index in [9.17, 15) is 4.79 Å². The summed E-state index contributed by atoms with van der Waals surface area (Å²) in [7, 11) is 1.91. The minimum absolute atomic E-state index is 0.00112. The molecule has 2 aromatic rings. The van der Waals surface area contributed by atoms with Gasteiger partial charge >= 0.3 is 0 Å². The van der Waals surface area contributed by atoms with Crippen molar-refractivity contribution in [3.05, 3.63) is 42.5 Å². The van der Waals surface area contributed by atoms with E-state index in [1.165, 1.54) is 5.56 Å². The van der Waals surface area contributed by atoms with Crippen LogP contribution in [-0.2, 0) is 11.8 Å². The molecule has 0 spiro atoms. The summed E-state index contributed by atoms with van der Waals surface area (Å²) in [6, 6.07) is 3.94. The lowest BCUT2D eigenvalue weighted by Gasteiger charge is -2.22. The van der Waals surface area contributed by atoms with Crippen LogP contribution in [0.25, 0.3) is 0 Å². The molecular weight excluding hydrogens is 266 g/mol. The summed E-state index contributed by atoms with van der Waals surface area (Å²) in [5, 5.41) is 7.11. The quantitative estimate of drug-likeness (QED) is 0.926. The molecule has 1 aliphatic rings. The number of aromatic nitrogens is 3.